The van der Waals surface area contributed by atoms with E-state index in [1.54, 1.807) is 23.4 Å². The Balaban J connectivity index is 1.43. The van der Waals surface area contributed by atoms with Gasteiger partial charge in [0, 0.05) is 5.75 Å². The van der Waals surface area contributed by atoms with Crippen LogP contribution in [0.3, 0.4) is 0 Å². The maximum absolute atomic E-state index is 13.3. The van der Waals surface area contributed by atoms with Crippen molar-refractivity contribution in [2.24, 2.45) is 0 Å². The number of rotatable bonds is 8. The standard InChI is InChI=1S/C25H22N4O3S/c1-31-19-11-13-20(14-12-19)32-15-16-33-25-27-26-24-28(17-18-7-3-2-4-8-18)23(30)21-9-5-6-10-22(21)29(24)25/h2-14H,15-17H2,1H3. The molecule has 0 spiro atoms. The van der Waals surface area contributed by atoms with Crippen molar-refractivity contribution < 1.29 is 9.47 Å². The maximum atomic E-state index is 13.3. The van der Waals surface area contributed by atoms with Crippen LogP contribution in [0.5, 0.6) is 11.5 Å². The second kappa shape index (κ2) is 9.38. The largest absolute Gasteiger partial charge is 0.497 e. The molecule has 166 valence electrons. The van der Waals surface area contributed by atoms with Crippen molar-refractivity contribution in [2.45, 2.75) is 11.7 Å². The first kappa shape index (κ1) is 21.1. The third-order valence-corrected chi connectivity index (χ3v) is 6.20. The second-order valence-corrected chi connectivity index (χ2v) is 8.45. The molecule has 0 unspecified atom stereocenters. The monoisotopic (exact) mass is 458 g/mol. The number of fused-ring (bicyclic) bond motifs is 3. The number of nitrogens with zero attached hydrogens (tertiary/aromatic N) is 4. The molecular formula is C25H22N4O3S. The van der Waals surface area contributed by atoms with E-state index in [0.717, 1.165) is 27.7 Å². The van der Waals surface area contributed by atoms with Gasteiger partial charge in [0.1, 0.15) is 11.5 Å². The molecule has 7 nitrogen and oxygen atoms in total. The van der Waals surface area contributed by atoms with Crippen LogP contribution in [0.25, 0.3) is 16.7 Å². The first-order valence-electron chi connectivity index (χ1n) is 10.5. The lowest BCUT2D eigenvalue weighted by molar-refractivity contribution is 0.342. The normalized spacial score (nSPS) is 11.2. The van der Waals surface area contributed by atoms with Gasteiger partial charge in [-0.3, -0.25) is 13.8 Å². The fourth-order valence-corrected chi connectivity index (χ4v) is 4.46. The van der Waals surface area contributed by atoms with Crippen LogP contribution in [0.15, 0.2) is 88.8 Å². The van der Waals surface area contributed by atoms with Crippen LogP contribution < -0.4 is 15.0 Å². The third-order valence-electron chi connectivity index (χ3n) is 5.30. The number of para-hydroxylation sites is 1. The topological polar surface area (TPSA) is 70.7 Å². The van der Waals surface area contributed by atoms with Crippen molar-refractivity contribution in [1.82, 2.24) is 19.2 Å². The highest BCUT2D eigenvalue weighted by Gasteiger charge is 2.17. The van der Waals surface area contributed by atoms with Crippen LogP contribution in [0.2, 0.25) is 0 Å². The third kappa shape index (κ3) is 4.29. The molecule has 0 atom stereocenters. The number of ether oxygens (including phenoxy) is 2. The van der Waals surface area contributed by atoms with Gasteiger partial charge < -0.3 is 9.47 Å². The molecule has 0 aliphatic heterocycles. The van der Waals surface area contributed by atoms with Crippen molar-refractivity contribution in [3.8, 4) is 11.5 Å². The van der Waals surface area contributed by atoms with Gasteiger partial charge in [0.2, 0.25) is 5.78 Å². The van der Waals surface area contributed by atoms with E-state index in [9.17, 15) is 4.79 Å². The maximum Gasteiger partial charge on any atom is 0.263 e. The van der Waals surface area contributed by atoms with Crippen LogP contribution in [0, 0.1) is 0 Å². The summed E-state index contributed by atoms with van der Waals surface area (Å²) in [7, 11) is 1.64. The van der Waals surface area contributed by atoms with E-state index in [1.165, 1.54) is 0 Å². The smallest absolute Gasteiger partial charge is 0.263 e. The molecule has 5 aromatic rings. The Morgan fingerprint density at radius 3 is 2.39 bits per heavy atom. The summed E-state index contributed by atoms with van der Waals surface area (Å²) >= 11 is 1.54. The summed E-state index contributed by atoms with van der Waals surface area (Å²) in [5.41, 5.74) is 1.75. The van der Waals surface area contributed by atoms with Gasteiger partial charge in [-0.05, 0) is 42.0 Å². The average Bonchev–Trinajstić information content (AvgIpc) is 3.29. The molecule has 5 rings (SSSR count). The number of methoxy groups -OCH3 is 1. The summed E-state index contributed by atoms with van der Waals surface area (Å²) in [6, 6.07) is 25.0. The van der Waals surface area contributed by atoms with Gasteiger partial charge in [0.15, 0.2) is 5.16 Å². The van der Waals surface area contributed by atoms with E-state index in [2.05, 4.69) is 10.2 Å². The van der Waals surface area contributed by atoms with Crippen molar-refractivity contribution in [1.29, 1.82) is 0 Å². The Kier molecular flexibility index (Phi) is 5.99. The molecule has 0 aliphatic rings. The van der Waals surface area contributed by atoms with Gasteiger partial charge in [-0.15, -0.1) is 10.2 Å². The highest BCUT2D eigenvalue weighted by Crippen LogP contribution is 2.23. The van der Waals surface area contributed by atoms with E-state index in [1.807, 2.05) is 83.3 Å². The second-order valence-electron chi connectivity index (χ2n) is 7.38. The molecule has 3 aromatic carbocycles. The first-order chi connectivity index (χ1) is 16.2. The molecular weight excluding hydrogens is 436 g/mol. The molecule has 0 fully saturated rings. The van der Waals surface area contributed by atoms with Gasteiger partial charge in [-0.1, -0.05) is 54.2 Å². The van der Waals surface area contributed by atoms with Crippen LogP contribution in [-0.4, -0.2) is 38.6 Å². The molecule has 2 heterocycles. The summed E-state index contributed by atoms with van der Waals surface area (Å²) in [5.74, 6) is 2.78. The lowest BCUT2D eigenvalue weighted by Crippen LogP contribution is -2.24. The number of aromatic nitrogens is 4. The summed E-state index contributed by atoms with van der Waals surface area (Å²) < 4.78 is 14.6. The summed E-state index contributed by atoms with van der Waals surface area (Å²) in [6.07, 6.45) is 0. The SMILES string of the molecule is COc1ccc(OCCSc2nnc3n(Cc4ccccc4)c(=O)c4ccccc4n23)cc1. The van der Waals surface area contributed by atoms with Gasteiger partial charge in [-0.2, -0.15) is 0 Å². The Morgan fingerprint density at radius 2 is 1.61 bits per heavy atom. The average molecular weight is 459 g/mol. The van der Waals surface area contributed by atoms with E-state index in [-0.39, 0.29) is 5.56 Å². The van der Waals surface area contributed by atoms with Crippen LogP contribution >= 0.6 is 11.8 Å². The minimum atomic E-state index is -0.0752. The Bertz CT molecular complexity index is 1450. The molecule has 8 heteroatoms. The summed E-state index contributed by atoms with van der Waals surface area (Å²) in [4.78, 5) is 13.3. The van der Waals surface area contributed by atoms with Crippen LogP contribution in [0.4, 0.5) is 0 Å². The fourth-order valence-electron chi connectivity index (χ4n) is 3.70. The predicted octanol–water partition coefficient (Wildman–Crippen LogP) is 4.27. The minimum absolute atomic E-state index is 0.0752. The van der Waals surface area contributed by atoms with Crippen molar-refractivity contribution in [3.63, 3.8) is 0 Å². The molecule has 0 amide bonds. The molecule has 33 heavy (non-hydrogen) atoms. The summed E-state index contributed by atoms with van der Waals surface area (Å²) in [5, 5.41) is 10.1. The van der Waals surface area contributed by atoms with E-state index in [0.29, 0.717) is 30.1 Å². The minimum Gasteiger partial charge on any atom is -0.497 e. The fraction of sp³-hybridized carbons (Fsp3) is 0.160. The van der Waals surface area contributed by atoms with Crippen molar-refractivity contribution in [2.75, 3.05) is 19.5 Å². The van der Waals surface area contributed by atoms with E-state index >= 15 is 0 Å². The zero-order valence-electron chi connectivity index (χ0n) is 18.0. The van der Waals surface area contributed by atoms with Gasteiger partial charge >= 0.3 is 0 Å². The lowest BCUT2D eigenvalue weighted by atomic mass is 10.2. The molecule has 0 radical (unpaired) electrons. The molecule has 0 bridgehead atoms. The Morgan fingerprint density at radius 1 is 0.879 bits per heavy atom. The predicted molar refractivity (Wildman–Crippen MR) is 130 cm³/mol. The Labute approximate surface area is 194 Å². The van der Waals surface area contributed by atoms with Gasteiger partial charge in [0.25, 0.3) is 5.56 Å². The zero-order chi connectivity index (χ0) is 22.6. The van der Waals surface area contributed by atoms with Crippen molar-refractivity contribution >= 4 is 28.4 Å². The molecule has 0 N–H and O–H groups in total. The molecule has 2 aromatic heterocycles. The molecule has 0 saturated carbocycles. The molecule has 0 saturated heterocycles. The Hall–Kier alpha value is -3.78. The van der Waals surface area contributed by atoms with Crippen LogP contribution in [-0.2, 0) is 6.54 Å². The highest BCUT2D eigenvalue weighted by atomic mass is 32.2. The number of hydrogen-bond donors (Lipinski definition) is 0. The molecule has 0 aliphatic carbocycles. The van der Waals surface area contributed by atoms with E-state index < -0.39 is 0 Å². The quantitative estimate of drug-likeness (QED) is 0.255. The van der Waals surface area contributed by atoms with Gasteiger partial charge in [0.05, 0.1) is 31.2 Å². The van der Waals surface area contributed by atoms with Crippen LogP contribution in [0.1, 0.15) is 5.56 Å². The summed E-state index contributed by atoms with van der Waals surface area (Å²) in [6.45, 7) is 0.935. The highest BCUT2D eigenvalue weighted by molar-refractivity contribution is 7.99. The zero-order valence-corrected chi connectivity index (χ0v) is 18.9. The number of thioether (sulfide) groups is 1. The first-order valence-corrected chi connectivity index (χ1v) is 11.5. The van der Waals surface area contributed by atoms with E-state index in [4.69, 9.17) is 9.47 Å². The lowest BCUT2D eigenvalue weighted by Gasteiger charge is -2.11. The van der Waals surface area contributed by atoms with Gasteiger partial charge in [-0.25, -0.2) is 0 Å². The van der Waals surface area contributed by atoms with Crippen molar-refractivity contribution in [3.05, 3.63) is 94.8 Å². The number of hydrogen-bond acceptors (Lipinski definition) is 6. The number of benzene rings is 3.